The number of rotatable bonds is 7. The van der Waals surface area contributed by atoms with Gasteiger partial charge in [0.2, 0.25) is 0 Å². The van der Waals surface area contributed by atoms with Crippen LogP contribution < -0.4 is 5.31 Å². The van der Waals surface area contributed by atoms with E-state index in [1.165, 1.54) is 0 Å². The Balaban J connectivity index is 2.40. The van der Waals surface area contributed by atoms with Crippen LogP contribution in [0.4, 0.5) is 0 Å². The van der Waals surface area contributed by atoms with E-state index >= 15 is 0 Å². The first-order valence-corrected chi connectivity index (χ1v) is 5.98. The smallest absolute Gasteiger partial charge is 0.323 e. The summed E-state index contributed by atoms with van der Waals surface area (Å²) in [6, 6.07) is -0.704. The van der Waals surface area contributed by atoms with Crippen molar-refractivity contribution >= 4 is 12.3 Å². The number of hydrogen-bond acceptors (Lipinski definition) is 8. The molecule has 1 aliphatic rings. The minimum Gasteiger partial charge on any atom is -0.462 e. The lowest BCUT2D eigenvalue weighted by atomic mass is 10.0. The van der Waals surface area contributed by atoms with Crippen molar-refractivity contribution in [2.24, 2.45) is 0 Å². The van der Waals surface area contributed by atoms with Gasteiger partial charge >= 0.3 is 5.97 Å². The first-order valence-electron chi connectivity index (χ1n) is 6.43. The van der Waals surface area contributed by atoms with Crippen molar-refractivity contribution in [3.63, 3.8) is 0 Å². The molecule has 1 aliphatic heterocycles. The highest BCUT2D eigenvalue weighted by molar-refractivity contribution is 5.76. The SMILES string of the molecule is [2H]N1CCC[C@H]1C(=O)OC[C@@H](O)[C@@H](O)[C@H](O)[C@@H](O)C=O. The Hall–Kier alpha value is -1.06. The van der Waals surface area contributed by atoms with Crippen molar-refractivity contribution in [3.8, 4) is 0 Å². The van der Waals surface area contributed by atoms with Gasteiger partial charge in [-0.25, -0.2) is 0 Å². The molecular formula is C11H19NO7. The van der Waals surface area contributed by atoms with Crippen molar-refractivity contribution in [1.29, 1.82) is 0 Å². The Kier molecular flexibility index (Phi) is 5.67. The summed E-state index contributed by atoms with van der Waals surface area (Å²) in [7, 11) is 0. The third-order valence-corrected chi connectivity index (χ3v) is 2.89. The van der Waals surface area contributed by atoms with Gasteiger partial charge in [-0.3, -0.25) is 4.79 Å². The standard InChI is InChI=1S/C11H19NO7/c13-4-7(14)9(16)10(17)8(15)5-19-11(18)6-2-1-3-12-6/h4,6-10,12,14-17H,1-3,5H2/t6-,7-,8+,9+,10+/m0/s1/i/hD. The van der Waals surface area contributed by atoms with Crippen LogP contribution in [-0.2, 0) is 14.3 Å². The van der Waals surface area contributed by atoms with Crippen molar-refractivity contribution in [3.05, 3.63) is 0 Å². The Morgan fingerprint density at radius 1 is 1.42 bits per heavy atom. The number of aliphatic hydroxyl groups is 4. The minimum atomic E-state index is -1.87. The number of hydrogen-bond donors (Lipinski definition) is 5. The highest BCUT2D eigenvalue weighted by atomic mass is 16.5. The lowest BCUT2D eigenvalue weighted by Crippen LogP contribution is -2.47. The molecule has 8 nitrogen and oxygen atoms in total. The molecule has 1 heterocycles. The van der Waals surface area contributed by atoms with Crippen LogP contribution in [0, 0.1) is 0 Å². The monoisotopic (exact) mass is 278 g/mol. The molecule has 0 aromatic rings. The molecule has 1 fully saturated rings. The average molecular weight is 278 g/mol. The number of nitrogens with one attached hydrogen (secondary N) is 1. The molecule has 0 bridgehead atoms. The first-order chi connectivity index (χ1) is 9.38. The van der Waals surface area contributed by atoms with Gasteiger partial charge in [0.25, 0.3) is 0 Å². The van der Waals surface area contributed by atoms with E-state index in [9.17, 15) is 24.9 Å². The fourth-order valence-corrected chi connectivity index (χ4v) is 1.69. The van der Waals surface area contributed by atoms with Crippen LogP contribution in [0.5, 0.6) is 0 Å². The van der Waals surface area contributed by atoms with E-state index in [2.05, 4.69) is 0 Å². The third-order valence-electron chi connectivity index (χ3n) is 2.89. The summed E-state index contributed by atoms with van der Waals surface area (Å²) in [4.78, 5) is 21.8. The lowest BCUT2D eigenvalue weighted by Gasteiger charge is -2.24. The van der Waals surface area contributed by atoms with Crippen LogP contribution >= 0.6 is 0 Å². The Labute approximate surface area is 111 Å². The van der Waals surface area contributed by atoms with Gasteiger partial charge in [-0.2, -0.15) is 0 Å². The van der Waals surface area contributed by atoms with E-state index < -0.39 is 43.0 Å². The molecule has 1 saturated heterocycles. The highest BCUT2D eigenvalue weighted by Crippen LogP contribution is 2.09. The fourth-order valence-electron chi connectivity index (χ4n) is 1.69. The van der Waals surface area contributed by atoms with Crippen LogP contribution in [0.2, 0.25) is 1.41 Å². The predicted octanol–water partition coefficient (Wildman–Crippen LogP) is -3.08. The molecular weight excluding hydrogens is 258 g/mol. The number of esters is 1. The van der Waals surface area contributed by atoms with Crippen molar-refractivity contribution in [2.45, 2.75) is 43.3 Å². The summed E-state index contributed by atoms with van der Waals surface area (Å²) in [6.07, 6.45) is -6.01. The molecule has 8 heteroatoms. The number of carbonyl (C=O) groups is 2. The van der Waals surface area contributed by atoms with Crippen molar-refractivity contribution < 1.29 is 36.2 Å². The van der Waals surface area contributed by atoms with E-state index in [1.807, 2.05) is 0 Å². The zero-order valence-electron chi connectivity index (χ0n) is 11.3. The van der Waals surface area contributed by atoms with Gasteiger partial charge < -0.3 is 35.3 Å². The molecule has 1 rings (SSSR count). The van der Waals surface area contributed by atoms with E-state index in [0.29, 0.717) is 19.4 Å². The topological polar surface area (TPSA) is 136 Å². The molecule has 5 N–H and O–H groups in total. The van der Waals surface area contributed by atoms with Crippen LogP contribution in [-0.4, -0.2) is 76.3 Å². The summed E-state index contributed by atoms with van der Waals surface area (Å²) >= 11 is 0. The Morgan fingerprint density at radius 3 is 2.63 bits per heavy atom. The maximum atomic E-state index is 11.6. The number of carbonyl (C=O) groups excluding carboxylic acids is 2. The molecule has 0 unspecified atom stereocenters. The highest BCUT2D eigenvalue weighted by Gasteiger charge is 2.32. The Bertz CT molecular complexity index is 343. The molecule has 0 amide bonds. The largest absolute Gasteiger partial charge is 0.462 e. The first kappa shape index (κ1) is 14.4. The van der Waals surface area contributed by atoms with Crippen LogP contribution in [0.3, 0.4) is 0 Å². The summed E-state index contributed by atoms with van der Waals surface area (Å²) in [6.45, 7) is -0.151. The second kappa shape index (κ2) is 7.51. The molecule has 0 aromatic carbocycles. The molecule has 0 saturated carbocycles. The number of aldehydes is 1. The summed E-state index contributed by atoms with van der Waals surface area (Å²) in [5.41, 5.74) is 0. The second-order valence-electron chi connectivity index (χ2n) is 4.37. The minimum absolute atomic E-state index is 0.0170. The maximum Gasteiger partial charge on any atom is 0.323 e. The summed E-state index contributed by atoms with van der Waals surface area (Å²) in [5, 5.41) is 38.4. The van der Waals surface area contributed by atoms with Crippen LogP contribution in [0.1, 0.15) is 12.8 Å². The summed E-state index contributed by atoms with van der Waals surface area (Å²) < 4.78 is 12.2. The van der Waals surface area contributed by atoms with E-state index in [0.717, 1.165) is 5.31 Å². The van der Waals surface area contributed by atoms with Gasteiger partial charge in [0, 0.05) is 0 Å². The van der Waals surface area contributed by atoms with Crippen molar-refractivity contribution in [1.82, 2.24) is 5.31 Å². The molecule has 110 valence electrons. The quantitative estimate of drug-likeness (QED) is 0.244. The molecule has 0 radical (unpaired) electrons. The van der Waals surface area contributed by atoms with E-state index in [4.69, 9.17) is 11.3 Å². The summed E-state index contributed by atoms with van der Waals surface area (Å²) in [5.74, 6) is -0.700. The Morgan fingerprint density at radius 2 is 2.11 bits per heavy atom. The number of aliphatic hydroxyl groups excluding tert-OH is 4. The second-order valence-corrected chi connectivity index (χ2v) is 4.37. The predicted molar refractivity (Wildman–Crippen MR) is 62.1 cm³/mol. The zero-order chi connectivity index (χ0) is 15.3. The third kappa shape index (κ3) is 4.51. The van der Waals surface area contributed by atoms with Gasteiger partial charge in [0.1, 0.15) is 38.5 Å². The molecule has 5 atom stereocenters. The van der Waals surface area contributed by atoms with Gasteiger partial charge in [0.05, 0.1) is 0 Å². The van der Waals surface area contributed by atoms with Gasteiger partial charge in [-0.1, -0.05) is 0 Å². The van der Waals surface area contributed by atoms with Crippen LogP contribution in [0.15, 0.2) is 0 Å². The van der Waals surface area contributed by atoms with Gasteiger partial charge in [0.15, 0.2) is 6.29 Å². The zero-order valence-corrected chi connectivity index (χ0v) is 10.3. The van der Waals surface area contributed by atoms with Crippen LogP contribution in [0.25, 0.3) is 0 Å². The molecule has 0 aliphatic carbocycles. The normalized spacial score (nSPS) is 27.2. The number of ether oxygens (including phenoxy) is 1. The van der Waals surface area contributed by atoms with E-state index in [1.54, 1.807) is 0 Å². The lowest BCUT2D eigenvalue weighted by molar-refractivity contribution is -0.157. The maximum absolute atomic E-state index is 11.6. The molecule has 0 spiro atoms. The van der Waals surface area contributed by atoms with E-state index in [-0.39, 0.29) is 6.29 Å². The average Bonchev–Trinajstić information content (AvgIpc) is 2.87. The molecule has 19 heavy (non-hydrogen) atoms. The van der Waals surface area contributed by atoms with Gasteiger partial charge in [-0.05, 0) is 19.4 Å². The fraction of sp³-hybridized carbons (Fsp3) is 0.818. The van der Waals surface area contributed by atoms with Gasteiger partial charge in [-0.15, -0.1) is 0 Å². The van der Waals surface area contributed by atoms with Crippen molar-refractivity contribution in [2.75, 3.05) is 13.2 Å². The molecule has 0 aromatic heterocycles.